The third kappa shape index (κ3) is 3.36. The minimum absolute atomic E-state index is 0.0478. The van der Waals surface area contributed by atoms with Crippen LogP contribution in [0.25, 0.3) is 0 Å². The van der Waals surface area contributed by atoms with E-state index in [0.29, 0.717) is 12.4 Å². The minimum atomic E-state index is -3.81. The molecule has 0 aliphatic heterocycles. The fraction of sp³-hybridized carbons (Fsp3) is 0.357. The number of nitrogens with zero attached hydrogens (tertiary/aromatic N) is 2. The van der Waals surface area contributed by atoms with Gasteiger partial charge in [0.15, 0.2) is 5.03 Å². The maximum atomic E-state index is 12.3. The van der Waals surface area contributed by atoms with E-state index in [9.17, 15) is 13.5 Å². The van der Waals surface area contributed by atoms with E-state index < -0.39 is 10.0 Å². The first-order chi connectivity index (χ1) is 9.83. The predicted molar refractivity (Wildman–Crippen MR) is 80.9 cm³/mol. The number of hydrogen-bond donors (Lipinski definition) is 2. The molecule has 0 saturated carbocycles. The van der Waals surface area contributed by atoms with Crippen molar-refractivity contribution < 1.29 is 13.5 Å². The van der Waals surface area contributed by atoms with Crippen molar-refractivity contribution in [2.75, 3.05) is 4.72 Å². The largest absolute Gasteiger partial charge is 0.506 e. The van der Waals surface area contributed by atoms with E-state index in [0.717, 1.165) is 12.0 Å². The summed E-state index contributed by atoms with van der Waals surface area (Å²) in [7, 11) is -3.81. The second-order valence-corrected chi connectivity index (χ2v) is 6.58. The smallest absolute Gasteiger partial charge is 0.281 e. The lowest BCUT2D eigenvalue weighted by Gasteiger charge is -2.08. The number of imidazole rings is 1. The molecule has 0 bridgehead atoms. The lowest BCUT2D eigenvalue weighted by atomic mass is 10.2. The summed E-state index contributed by atoms with van der Waals surface area (Å²) in [5.74, 6) is 0.536. The highest BCUT2D eigenvalue weighted by molar-refractivity contribution is 7.92. The summed E-state index contributed by atoms with van der Waals surface area (Å²) in [6, 6.07) is 4.75. The van der Waals surface area contributed by atoms with Crippen molar-refractivity contribution in [2.24, 2.45) is 0 Å². The van der Waals surface area contributed by atoms with Gasteiger partial charge in [-0.05, 0) is 38.0 Å². The summed E-state index contributed by atoms with van der Waals surface area (Å²) in [4.78, 5) is 4.08. The average Bonchev–Trinajstić information content (AvgIpc) is 2.76. The van der Waals surface area contributed by atoms with Crippen molar-refractivity contribution in [1.29, 1.82) is 0 Å². The number of sulfonamides is 1. The molecule has 0 unspecified atom stereocenters. The molecule has 0 amide bonds. The van der Waals surface area contributed by atoms with Crippen LogP contribution in [-0.2, 0) is 16.6 Å². The number of phenols is 1. The van der Waals surface area contributed by atoms with Gasteiger partial charge in [0.05, 0.1) is 5.69 Å². The predicted octanol–water partition coefficient (Wildman–Crippen LogP) is 2.42. The van der Waals surface area contributed by atoms with Crippen molar-refractivity contribution in [3.8, 4) is 5.75 Å². The van der Waals surface area contributed by atoms with Crippen molar-refractivity contribution in [3.63, 3.8) is 0 Å². The third-order valence-electron chi connectivity index (χ3n) is 3.09. The number of phenolic OH excluding ortho intramolecular Hbond substituents is 1. The quantitative estimate of drug-likeness (QED) is 0.831. The van der Waals surface area contributed by atoms with E-state index in [1.807, 2.05) is 13.8 Å². The van der Waals surface area contributed by atoms with Crippen LogP contribution in [0.4, 0.5) is 5.69 Å². The maximum Gasteiger partial charge on any atom is 0.281 e. The zero-order valence-corrected chi connectivity index (χ0v) is 13.1. The van der Waals surface area contributed by atoms with E-state index in [4.69, 9.17) is 0 Å². The van der Waals surface area contributed by atoms with Gasteiger partial charge in [-0.2, -0.15) is 8.42 Å². The van der Waals surface area contributed by atoms with Crippen molar-refractivity contribution >= 4 is 15.7 Å². The lowest BCUT2D eigenvalue weighted by molar-refractivity contribution is 0.477. The highest BCUT2D eigenvalue weighted by Crippen LogP contribution is 2.26. The molecule has 1 aromatic heterocycles. The first kappa shape index (κ1) is 15.4. The highest BCUT2D eigenvalue weighted by atomic mass is 32.2. The van der Waals surface area contributed by atoms with Crippen LogP contribution >= 0.6 is 0 Å². The number of rotatable bonds is 5. The van der Waals surface area contributed by atoms with Gasteiger partial charge in [0.25, 0.3) is 10.0 Å². The van der Waals surface area contributed by atoms with Crippen molar-refractivity contribution in [1.82, 2.24) is 9.55 Å². The number of nitrogens with one attached hydrogen (secondary N) is 1. The Morgan fingerprint density at radius 1 is 1.33 bits per heavy atom. The Bertz CT molecular complexity index is 751. The normalized spacial score (nSPS) is 11.6. The summed E-state index contributed by atoms with van der Waals surface area (Å²) in [6.45, 7) is 6.30. The van der Waals surface area contributed by atoms with Crippen LogP contribution < -0.4 is 4.72 Å². The molecule has 2 rings (SSSR count). The molecule has 2 aromatic rings. The van der Waals surface area contributed by atoms with Gasteiger partial charge in [0, 0.05) is 12.7 Å². The van der Waals surface area contributed by atoms with Gasteiger partial charge in [0.1, 0.15) is 11.6 Å². The van der Waals surface area contributed by atoms with Crippen LogP contribution in [0.1, 0.15) is 24.7 Å². The average molecular weight is 309 g/mol. The molecule has 0 atom stereocenters. The number of anilines is 1. The molecule has 1 heterocycles. The third-order valence-corrected chi connectivity index (χ3v) is 4.33. The minimum Gasteiger partial charge on any atom is -0.506 e. The molecule has 114 valence electrons. The molecule has 7 heteroatoms. The van der Waals surface area contributed by atoms with E-state index in [1.165, 1.54) is 18.3 Å². The van der Waals surface area contributed by atoms with Gasteiger partial charge in [-0.25, -0.2) is 4.98 Å². The van der Waals surface area contributed by atoms with Crippen LogP contribution in [0.2, 0.25) is 0 Å². The van der Waals surface area contributed by atoms with Gasteiger partial charge >= 0.3 is 0 Å². The first-order valence-corrected chi connectivity index (χ1v) is 8.18. The van der Waals surface area contributed by atoms with Gasteiger partial charge < -0.3 is 9.67 Å². The SMILES string of the molecule is CCCn1cc(S(=O)(=O)Nc2ccc(C)cc2O)nc1C. The zero-order chi connectivity index (χ0) is 15.6. The van der Waals surface area contributed by atoms with E-state index in [2.05, 4.69) is 9.71 Å². The first-order valence-electron chi connectivity index (χ1n) is 6.69. The summed E-state index contributed by atoms with van der Waals surface area (Å²) in [6.07, 6.45) is 2.40. The Kier molecular flexibility index (Phi) is 4.22. The maximum absolute atomic E-state index is 12.3. The monoisotopic (exact) mass is 309 g/mol. The Morgan fingerprint density at radius 2 is 2.05 bits per heavy atom. The molecule has 2 N–H and O–H groups in total. The molecule has 0 saturated heterocycles. The second kappa shape index (κ2) is 5.77. The fourth-order valence-electron chi connectivity index (χ4n) is 2.00. The number of hydrogen-bond acceptors (Lipinski definition) is 4. The van der Waals surface area contributed by atoms with E-state index in [1.54, 1.807) is 17.6 Å². The number of aromatic nitrogens is 2. The van der Waals surface area contributed by atoms with Crippen LogP contribution in [0.15, 0.2) is 29.4 Å². The fourth-order valence-corrected chi connectivity index (χ4v) is 3.09. The van der Waals surface area contributed by atoms with Crippen molar-refractivity contribution in [3.05, 3.63) is 35.8 Å². The molecule has 6 nitrogen and oxygen atoms in total. The van der Waals surface area contributed by atoms with Crippen LogP contribution in [0.3, 0.4) is 0 Å². The Labute approximate surface area is 124 Å². The van der Waals surface area contributed by atoms with Crippen LogP contribution in [0, 0.1) is 13.8 Å². The number of benzene rings is 1. The van der Waals surface area contributed by atoms with Crippen LogP contribution in [0.5, 0.6) is 5.75 Å². The summed E-state index contributed by atoms with van der Waals surface area (Å²) in [5.41, 5.74) is 0.988. The van der Waals surface area contributed by atoms with Gasteiger partial charge in [0.2, 0.25) is 0 Å². The van der Waals surface area contributed by atoms with E-state index in [-0.39, 0.29) is 16.5 Å². The number of aryl methyl sites for hydroxylation is 3. The second-order valence-electron chi connectivity index (χ2n) is 4.95. The molecule has 0 spiro atoms. The van der Waals surface area contributed by atoms with Gasteiger partial charge in [-0.3, -0.25) is 4.72 Å². The highest BCUT2D eigenvalue weighted by Gasteiger charge is 2.20. The Morgan fingerprint density at radius 3 is 2.67 bits per heavy atom. The molecule has 0 aliphatic rings. The molecule has 1 aromatic carbocycles. The molecule has 21 heavy (non-hydrogen) atoms. The van der Waals surface area contributed by atoms with Gasteiger partial charge in [-0.1, -0.05) is 13.0 Å². The standard InChI is InChI=1S/C14H19N3O3S/c1-4-7-17-9-14(15-11(17)3)21(19,20)16-12-6-5-10(2)8-13(12)18/h5-6,8-9,16,18H,4,7H2,1-3H3. The Balaban J connectivity index is 2.32. The summed E-state index contributed by atoms with van der Waals surface area (Å²) in [5, 5.41) is 9.75. The molecule has 0 fully saturated rings. The molecular formula is C14H19N3O3S. The Hall–Kier alpha value is -2.02. The molecule has 0 aliphatic carbocycles. The lowest BCUT2D eigenvalue weighted by Crippen LogP contribution is -2.13. The van der Waals surface area contributed by atoms with E-state index >= 15 is 0 Å². The summed E-state index contributed by atoms with van der Waals surface area (Å²) < 4.78 is 28.8. The zero-order valence-electron chi connectivity index (χ0n) is 12.3. The van der Waals surface area contributed by atoms with Crippen LogP contribution in [-0.4, -0.2) is 23.1 Å². The van der Waals surface area contributed by atoms with Gasteiger partial charge in [-0.15, -0.1) is 0 Å². The van der Waals surface area contributed by atoms with Crippen molar-refractivity contribution in [2.45, 2.75) is 38.8 Å². The topological polar surface area (TPSA) is 84.2 Å². The molecule has 0 radical (unpaired) electrons. The number of aromatic hydroxyl groups is 1. The molecular weight excluding hydrogens is 290 g/mol. The summed E-state index contributed by atoms with van der Waals surface area (Å²) >= 11 is 0.